The van der Waals surface area contributed by atoms with Crippen LogP contribution in [0.5, 0.6) is 5.88 Å². The minimum atomic E-state index is -3.19. The number of nitrogens with zero attached hydrogens (tertiary/aromatic N) is 3. The summed E-state index contributed by atoms with van der Waals surface area (Å²) in [6.45, 7) is 1.79. The SMILES string of the molecule is O=S1(=O)CCC(COc2ncccc2F)C12CN(Cc1cccnc1)C2. The van der Waals surface area contributed by atoms with Crippen LogP contribution in [0.2, 0.25) is 0 Å². The van der Waals surface area contributed by atoms with E-state index in [1.165, 1.54) is 18.3 Å². The molecule has 8 heteroatoms. The molecule has 2 aromatic rings. The molecule has 1 spiro atoms. The fraction of sp³-hybridized carbons (Fsp3) is 0.444. The van der Waals surface area contributed by atoms with E-state index in [1.807, 2.05) is 12.1 Å². The van der Waals surface area contributed by atoms with Gasteiger partial charge in [-0.1, -0.05) is 6.07 Å². The molecule has 1 atom stereocenters. The highest BCUT2D eigenvalue weighted by Crippen LogP contribution is 2.45. The smallest absolute Gasteiger partial charge is 0.250 e. The summed E-state index contributed by atoms with van der Waals surface area (Å²) < 4.78 is 43.8. The lowest BCUT2D eigenvalue weighted by Crippen LogP contribution is -2.67. The van der Waals surface area contributed by atoms with Gasteiger partial charge in [0.05, 0.1) is 12.4 Å². The van der Waals surface area contributed by atoms with E-state index in [2.05, 4.69) is 14.9 Å². The van der Waals surface area contributed by atoms with Gasteiger partial charge in [0.1, 0.15) is 4.75 Å². The van der Waals surface area contributed by atoms with Crippen LogP contribution in [-0.2, 0) is 16.4 Å². The molecule has 2 aliphatic rings. The average molecular weight is 377 g/mol. The predicted molar refractivity (Wildman–Crippen MR) is 93.8 cm³/mol. The highest BCUT2D eigenvalue weighted by molar-refractivity contribution is 7.93. The Balaban J connectivity index is 1.44. The standard InChI is InChI=1S/C18H20FN3O3S/c19-16-4-2-7-21-17(16)25-11-15-5-8-26(23,24)18(15)12-22(13-18)10-14-3-1-6-20-9-14/h1-4,6-7,9,15H,5,8,10-13H2. The summed E-state index contributed by atoms with van der Waals surface area (Å²) in [4.78, 5) is 10.1. The summed E-state index contributed by atoms with van der Waals surface area (Å²) in [7, 11) is -3.19. The molecule has 6 nitrogen and oxygen atoms in total. The number of likely N-dealkylation sites (tertiary alicyclic amines) is 1. The molecule has 1 unspecified atom stereocenters. The van der Waals surface area contributed by atoms with Crippen LogP contribution in [0.25, 0.3) is 0 Å². The van der Waals surface area contributed by atoms with Crippen LogP contribution in [-0.4, -0.2) is 53.5 Å². The molecule has 0 saturated carbocycles. The maximum Gasteiger partial charge on any atom is 0.250 e. The first-order valence-corrected chi connectivity index (χ1v) is 10.2. The summed E-state index contributed by atoms with van der Waals surface area (Å²) in [5.74, 6) is -0.598. The number of hydrogen-bond acceptors (Lipinski definition) is 6. The molecular formula is C18H20FN3O3S. The molecule has 0 aliphatic carbocycles. The number of halogens is 1. The van der Waals surface area contributed by atoms with Crippen molar-refractivity contribution < 1.29 is 17.5 Å². The van der Waals surface area contributed by atoms with E-state index >= 15 is 0 Å². The van der Waals surface area contributed by atoms with Crippen molar-refractivity contribution in [3.63, 3.8) is 0 Å². The van der Waals surface area contributed by atoms with E-state index in [4.69, 9.17) is 4.74 Å². The van der Waals surface area contributed by atoms with Crippen LogP contribution < -0.4 is 4.74 Å². The van der Waals surface area contributed by atoms with E-state index in [1.54, 1.807) is 12.4 Å². The first-order valence-electron chi connectivity index (χ1n) is 8.57. The van der Waals surface area contributed by atoms with Gasteiger partial charge in [-0.15, -0.1) is 0 Å². The maximum absolute atomic E-state index is 13.7. The average Bonchev–Trinajstić information content (AvgIpc) is 2.86. The molecule has 4 heterocycles. The summed E-state index contributed by atoms with van der Waals surface area (Å²) >= 11 is 0. The van der Waals surface area contributed by atoms with Crippen LogP contribution in [0.4, 0.5) is 4.39 Å². The van der Waals surface area contributed by atoms with Crippen molar-refractivity contribution in [2.75, 3.05) is 25.4 Å². The number of sulfone groups is 1. The van der Waals surface area contributed by atoms with Crippen molar-refractivity contribution in [3.8, 4) is 5.88 Å². The molecule has 4 rings (SSSR count). The molecular weight excluding hydrogens is 357 g/mol. The summed E-state index contributed by atoms with van der Waals surface area (Å²) in [6, 6.07) is 6.62. The molecule has 2 fully saturated rings. The van der Waals surface area contributed by atoms with Crippen LogP contribution in [0.15, 0.2) is 42.9 Å². The summed E-state index contributed by atoms with van der Waals surface area (Å²) in [5.41, 5.74) is 1.06. The molecule has 26 heavy (non-hydrogen) atoms. The lowest BCUT2D eigenvalue weighted by molar-refractivity contribution is 0.0573. The van der Waals surface area contributed by atoms with Gasteiger partial charge in [0, 0.05) is 44.1 Å². The fourth-order valence-electron chi connectivity index (χ4n) is 3.94. The Morgan fingerprint density at radius 2 is 2.08 bits per heavy atom. The maximum atomic E-state index is 13.7. The number of rotatable bonds is 5. The molecule has 2 aromatic heterocycles. The van der Waals surface area contributed by atoms with Gasteiger partial charge in [0.15, 0.2) is 15.7 Å². The van der Waals surface area contributed by atoms with E-state index in [-0.39, 0.29) is 24.2 Å². The van der Waals surface area contributed by atoms with Crippen LogP contribution in [0.1, 0.15) is 12.0 Å². The normalized spacial score (nSPS) is 23.7. The molecule has 2 saturated heterocycles. The third-order valence-electron chi connectivity index (χ3n) is 5.36. The minimum absolute atomic E-state index is 0.0708. The second kappa shape index (κ2) is 6.59. The summed E-state index contributed by atoms with van der Waals surface area (Å²) in [6.07, 6.45) is 5.50. The molecule has 0 amide bonds. The van der Waals surface area contributed by atoms with E-state index in [0.717, 1.165) is 5.56 Å². The molecule has 0 N–H and O–H groups in total. The van der Waals surface area contributed by atoms with Gasteiger partial charge in [-0.3, -0.25) is 9.88 Å². The second-order valence-electron chi connectivity index (χ2n) is 6.98. The highest BCUT2D eigenvalue weighted by atomic mass is 32.2. The van der Waals surface area contributed by atoms with Crippen molar-refractivity contribution in [2.45, 2.75) is 17.7 Å². The van der Waals surface area contributed by atoms with Gasteiger partial charge in [-0.05, 0) is 30.2 Å². The Hall–Kier alpha value is -2.06. The first-order chi connectivity index (χ1) is 12.5. The third-order valence-corrected chi connectivity index (χ3v) is 7.96. The third kappa shape index (κ3) is 2.97. The van der Waals surface area contributed by atoms with Crippen molar-refractivity contribution in [1.29, 1.82) is 0 Å². The zero-order valence-electron chi connectivity index (χ0n) is 14.2. The summed E-state index contributed by atoms with van der Waals surface area (Å²) in [5, 5.41) is 0. The highest BCUT2D eigenvalue weighted by Gasteiger charge is 2.61. The number of ether oxygens (including phenoxy) is 1. The quantitative estimate of drug-likeness (QED) is 0.790. The van der Waals surface area contributed by atoms with Gasteiger partial charge >= 0.3 is 0 Å². The number of aromatic nitrogens is 2. The minimum Gasteiger partial charge on any atom is -0.475 e. The van der Waals surface area contributed by atoms with Gasteiger partial charge < -0.3 is 4.74 Å². The molecule has 2 aliphatic heterocycles. The molecule has 138 valence electrons. The largest absolute Gasteiger partial charge is 0.475 e. The van der Waals surface area contributed by atoms with Gasteiger partial charge in [-0.2, -0.15) is 0 Å². The fourth-order valence-corrected chi connectivity index (χ4v) is 6.39. The van der Waals surface area contributed by atoms with Crippen molar-refractivity contribution >= 4 is 9.84 Å². The Kier molecular flexibility index (Phi) is 4.40. The topological polar surface area (TPSA) is 72.4 Å². The van der Waals surface area contributed by atoms with Crippen molar-refractivity contribution in [1.82, 2.24) is 14.9 Å². The lowest BCUT2D eigenvalue weighted by Gasteiger charge is -2.49. The second-order valence-corrected chi connectivity index (χ2v) is 9.43. The molecule has 0 aromatic carbocycles. The lowest BCUT2D eigenvalue weighted by atomic mass is 9.83. The Morgan fingerprint density at radius 3 is 2.81 bits per heavy atom. The van der Waals surface area contributed by atoms with E-state index in [0.29, 0.717) is 26.1 Å². The number of hydrogen-bond donors (Lipinski definition) is 0. The monoisotopic (exact) mass is 377 g/mol. The van der Waals surface area contributed by atoms with Crippen molar-refractivity contribution in [3.05, 3.63) is 54.2 Å². The Bertz CT molecular complexity index is 886. The van der Waals surface area contributed by atoms with E-state index in [9.17, 15) is 12.8 Å². The Labute approximate surface area is 151 Å². The van der Waals surface area contributed by atoms with Crippen LogP contribution >= 0.6 is 0 Å². The van der Waals surface area contributed by atoms with Crippen LogP contribution in [0.3, 0.4) is 0 Å². The van der Waals surface area contributed by atoms with Gasteiger partial charge in [-0.25, -0.2) is 17.8 Å². The predicted octanol–water partition coefficient (Wildman–Crippen LogP) is 1.68. The van der Waals surface area contributed by atoms with Crippen LogP contribution in [0, 0.1) is 11.7 Å². The Morgan fingerprint density at radius 1 is 1.27 bits per heavy atom. The number of pyridine rings is 2. The zero-order chi connectivity index (χ0) is 18.2. The molecule has 0 radical (unpaired) electrons. The van der Waals surface area contributed by atoms with Gasteiger partial charge in [0.2, 0.25) is 5.88 Å². The first kappa shape index (κ1) is 17.4. The zero-order valence-corrected chi connectivity index (χ0v) is 15.0. The van der Waals surface area contributed by atoms with Crippen molar-refractivity contribution in [2.24, 2.45) is 5.92 Å². The molecule has 0 bridgehead atoms. The van der Waals surface area contributed by atoms with Gasteiger partial charge in [0.25, 0.3) is 0 Å². The van der Waals surface area contributed by atoms with E-state index < -0.39 is 20.4 Å².